The first-order chi connectivity index (χ1) is 22.7. The molecule has 3 heterocycles. The number of alkyl halides is 3. The summed E-state index contributed by atoms with van der Waals surface area (Å²) in [7, 11) is -3.07. The van der Waals surface area contributed by atoms with E-state index >= 15 is 0 Å². The highest BCUT2D eigenvalue weighted by atomic mass is 35.5. The van der Waals surface area contributed by atoms with Crippen molar-refractivity contribution in [3.63, 3.8) is 0 Å². The minimum atomic E-state index is -4.66. The van der Waals surface area contributed by atoms with Crippen LogP contribution in [0.15, 0.2) is 54.9 Å². The Kier molecular flexibility index (Phi) is 10.5. The monoisotopic (exact) mass is 714 g/mol. The predicted molar refractivity (Wildman–Crippen MR) is 165 cm³/mol. The van der Waals surface area contributed by atoms with E-state index in [1.807, 2.05) is 0 Å². The smallest absolute Gasteiger partial charge is 0.459 e. The Morgan fingerprint density at radius 3 is 2.60 bits per heavy atom. The van der Waals surface area contributed by atoms with Gasteiger partial charge in [0.2, 0.25) is 11.8 Å². The number of nitrogen functional groups attached to an aromatic ring is 1. The molecule has 6 atom stereocenters. The summed E-state index contributed by atoms with van der Waals surface area (Å²) in [6.07, 6.45) is -6.27. The number of fused-ring (bicyclic) bond motifs is 1. The standard InChI is InChI=1S/C29H31ClF3N6O8P/c1-15-23(40)21(46-26(15)39-14-35-22-24(39)36-28(34)37-25(22)43-3)13-45-48(42,47-19-10-8-18(30)9-11-19)38-16(2)27(41)44-12-17-6-4-5-7-20(17)29(31,32)33/h4-11,14-16,21,23,26,40H,12-13H2,1-3H3,(H,38,42)(H2,34,36,37)/t15-,16?,21?,23-,26?,48?/m0/s1. The highest BCUT2D eigenvalue weighted by Gasteiger charge is 2.45. The van der Waals surface area contributed by atoms with Crippen LogP contribution in [-0.4, -0.2) is 62.6 Å². The largest absolute Gasteiger partial charge is 0.479 e. The molecule has 0 radical (unpaired) electrons. The first-order valence-corrected chi connectivity index (χ1v) is 16.3. The summed E-state index contributed by atoms with van der Waals surface area (Å²) < 4.78 is 83.5. The summed E-state index contributed by atoms with van der Waals surface area (Å²) in [5, 5.41) is 13.9. The number of hydrogen-bond donors (Lipinski definition) is 3. The number of nitrogens with two attached hydrogens (primary N) is 1. The van der Waals surface area contributed by atoms with Gasteiger partial charge in [0.25, 0.3) is 0 Å². The summed E-state index contributed by atoms with van der Waals surface area (Å²) in [5.41, 5.74) is 5.20. The SMILES string of the molecule is COc1nc(N)nc2c1ncn2C1OC(COP(=O)(NC(C)C(=O)OCc2ccccc2C(F)(F)F)Oc2ccc(Cl)cc2)[C@@H](O)[C@@H]1C. The molecule has 0 amide bonds. The maximum Gasteiger partial charge on any atom is 0.459 e. The van der Waals surface area contributed by atoms with E-state index in [1.54, 1.807) is 11.5 Å². The first-order valence-electron chi connectivity index (χ1n) is 14.4. The van der Waals surface area contributed by atoms with Crippen molar-refractivity contribution in [3.05, 3.63) is 71.0 Å². The van der Waals surface area contributed by atoms with E-state index in [-0.39, 0.29) is 28.8 Å². The molecule has 19 heteroatoms. The number of esters is 1. The van der Waals surface area contributed by atoms with Crippen molar-refractivity contribution in [2.24, 2.45) is 5.92 Å². The number of aromatic nitrogens is 4. The van der Waals surface area contributed by atoms with Crippen LogP contribution in [-0.2, 0) is 36.1 Å². The number of aliphatic hydroxyl groups excluding tert-OH is 1. The van der Waals surface area contributed by atoms with Crippen molar-refractivity contribution in [2.45, 2.75) is 51.1 Å². The van der Waals surface area contributed by atoms with Gasteiger partial charge in [0.15, 0.2) is 11.2 Å². The number of carbonyl (C=O) groups excluding carboxylic acids is 1. The molecule has 48 heavy (non-hydrogen) atoms. The van der Waals surface area contributed by atoms with Gasteiger partial charge < -0.3 is 29.6 Å². The van der Waals surface area contributed by atoms with E-state index in [9.17, 15) is 27.6 Å². The van der Waals surface area contributed by atoms with Crippen LogP contribution in [0.3, 0.4) is 0 Å². The van der Waals surface area contributed by atoms with Crippen LogP contribution in [0.25, 0.3) is 11.2 Å². The molecule has 2 aromatic carbocycles. The fourth-order valence-electron chi connectivity index (χ4n) is 4.97. The van der Waals surface area contributed by atoms with Crippen LogP contribution in [0, 0.1) is 5.92 Å². The number of aliphatic hydroxyl groups is 1. The number of ether oxygens (including phenoxy) is 3. The summed E-state index contributed by atoms with van der Waals surface area (Å²) in [6, 6.07) is 8.99. The maximum atomic E-state index is 14.0. The number of rotatable bonds is 12. The number of imidazole rings is 1. The third-order valence-electron chi connectivity index (χ3n) is 7.40. The van der Waals surface area contributed by atoms with Gasteiger partial charge in [0.1, 0.15) is 30.7 Å². The molecule has 0 saturated carbocycles. The second kappa shape index (κ2) is 14.2. The first kappa shape index (κ1) is 35.3. The number of halogens is 4. The van der Waals surface area contributed by atoms with Gasteiger partial charge >= 0.3 is 19.9 Å². The molecule has 4 unspecified atom stereocenters. The van der Waals surface area contributed by atoms with E-state index in [1.165, 1.54) is 62.8 Å². The fraction of sp³-hybridized carbons (Fsp3) is 0.379. The molecule has 4 N–H and O–H groups in total. The van der Waals surface area contributed by atoms with Gasteiger partial charge in [0, 0.05) is 16.5 Å². The van der Waals surface area contributed by atoms with E-state index < -0.39 is 69.1 Å². The zero-order valence-corrected chi connectivity index (χ0v) is 27.3. The van der Waals surface area contributed by atoms with Crippen LogP contribution in [0.4, 0.5) is 19.1 Å². The van der Waals surface area contributed by atoms with Gasteiger partial charge in [-0.2, -0.15) is 28.2 Å². The lowest BCUT2D eigenvalue weighted by molar-refractivity contribution is -0.149. The Labute approximate surface area is 276 Å². The minimum Gasteiger partial charge on any atom is -0.479 e. The average molecular weight is 715 g/mol. The summed E-state index contributed by atoms with van der Waals surface area (Å²) >= 11 is 5.95. The Bertz CT molecular complexity index is 1810. The Hall–Kier alpha value is -3.99. The van der Waals surface area contributed by atoms with Crippen LogP contribution in [0.5, 0.6) is 11.6 Å². The highest BCUT2D eigenvalue weighted by molar-refractivity contribution is 7.52. The number of anilines is 1. The lowest BCUT2D eigenvalue weighted by atomic mass is 10.0. The number of methoxy groups -OCH3 is 1. The number of hydrogen-bond acceptors (Lipinski definition) is 12. The van der Waals surface area contributed by atoms with Crippen LogP contribution < -0.4 is 20.1 Å². The summed E-state index contributed by atoms with van der Waals surface area (Å²) in [4.78, 5) is 25.3. The number of nitrogens with zero attached hydrogens (tertiary/aromatic N) is 4. The molecular weight excluding hydrogens is 684 g/mol. The van der Waals surface area contributed by atoms with E-state index in [0.29, 0.717) is 10.5 Å². The number of benzene rings is 2. The second-order valence-corrected chi connectivity index (χ2v) is 12.9. The van der Waals surface area contributed by atoms with Crippen molar-refractivity contribution >= 4 is 42.4 Å². The maximum absolute atomic E-state index is 14.0. The third kappa shape index (κ3) is 7.83. The molecule has 4 aromatic rings. The number of nitrogens with one attached hydrogen (secondary N) is 1. The van der Waals surface area contributed by atoms with Gasteiger partial charge in [0.05, 0.1) is 31.7 Å². The second-order valence-electron chi connectivity index (χ2n) is 10.8. The van der Waals surface area contributed by atoms with Crippen molar-refractivity contribution in [1.29, 1.82) is 0 Å². The van der Waals surface area contributed by atoms with Gasteiger partial charge in [-0.15, -0.1) is 0 Å². The Morgan fingerprint density at radius 2 is 1.92 bits per heavy atom. The topological polar surface area (TPSA) is 182 Å². The fourth-order valence-corrected chi connectivity index (χ4v) is 6.59. The molecule has 0 spiro atoms. The molecule has 1 saturated heterocycles. The predicted octanol–water partition coefficient (Wildman–Crippen LogP) is 4.91. The van der Waals surface area contributed by atoms with Gasteiger partial charge in [-0.25, -0.2) is 9.55 Å². The number of carbonyl (C=O) groups is 1. The molecule has 14 nitrogen and oxygen atoms in total. The molecule has 5 rings (SSSR count). The van der Waals surface area contributed by atoms with Crippen LogP contribution in [0.1, 0.15) is 31.2 Å². The van der Waals surface area contributed by atoms with Crippen molar-refractivity contribution < 1.29 is 50.9 Å². The van der Waals surface area contributed by atoms with Crippen molar-refractivity contribution in [3.8, 4) is 11.6 Å². The molecular formula is C29H31ClF3N6O8P. The van der Waals surface area contributed by atoms with Crippen LogP contribution >= 0.6 is 19.3 Å². The average Bonchev–Trinajstić information content (AvgIpc) is 3.58. The molecule has 2 aromatic heterocycles. The van der Waals surface area contributed by atoms with E-state index in [2.05, 4.69) is 20.0 Å². The summed E-state index contributed by atoms with van der Waals surface area (Å²) in [6.45, 7) is 1.79. The lowest BCUT2D eigenvalue weighted by Gasteiger charge is -2.25. The molecule has 1 aliphatic heterocycles. The summed E-state index contributed by atoms with van der Waals surface area (Å²) in [5.74, 6) is -1.48. The van der Waals surface area contributed by atoms with Gasteiger partial charge in [-0.05, 0) is 37.3 Å². The molecule has 258 valence electrons. The molecule has 1 fully saturated rings. The van der Waals surface area contributed by atoms with Crippen LogP contribution in [0.2, 0.25) is 5.02 Å². The molecule has 1 aliphatic rings. The normalized spacial score (nSPS) is 21.5. The van der Waals surface area contributed by atoms with E-state index in [4.69, 9.17) is 40.6 Å². The van der Waals surface area contributed by atoms with Crippen molar-refractivity contribution in [2.75, 3.05) is 19.5 Å². The zero-order valence-electron chi connectivity index (χ0n) is 25.6. The van der Waals surface area contributed by atoms with Crippen molar-refractivity contribution in [1.82, 2.24) is 24.6 Å². The van der Waals surface area contributed by atoms with E-state index in [0.717, 1.165) is 6.07 Å². The van der Waals surface area contributed by atoms with Gasteiger partial charge in [-0.1, -0.05) is 36.7 Å². The molecule has 0 bridgehead atoms. The Balaban J connectivity index is 1.31. The lowest BCUT2D eigenvalue weighted by Crippen LogP contribution is -2.36. The Morgan fingerprint density at radius 1 is 1.21 bits per heavy atom. The highest BCUT2D eigenvalue weighted by Crippen LogP contribution is 2.47. The minimum absolute atomic E-state index is 0.0464. The zero-order chi connectivity index (χ0) is 34.8. The third-order valence-corrected chi connectivity index (χ3v) is 9.30. The quantitative estimate of drug-likeness (QED) is 0.133. The van der Waals surface area contributed by atoms with Gasteiger partial charge in [-0.3, -0.25) is 13.9 Å². The molecule has 0 aliphatic carbocycles.